The first-order valence-electron chi connectivity index (χ1n) is 8.66. The van der Waals surface area contributed by atoms with Gasteiger partial charge in [-0.15, -0.1) is 0 Å². The van der Waals surface area contributed by atoms with E-state index in [1.807, 2.05) is 20.8 Å². The highest BCUT2D eigenvalue weighted by atomic mass is 35.6. The molecule has 0 spiro atoms. The van der Waals surface area contributed by atoms with Crippen LogP contribution in [0.15, 0.2) is 42.6 Å². The van der Waals surface area contributed by atoms with Crippen molar-refractivity contribution in [3.63, 3.8) is 0 Å². The predicted molar refractivity (Wildman–Crippen MR) is 110 cm³/mol. The lowest BCUT2D eigenvalue weighted by Gasteiger charge is -2.25. The van der Waals surface area contributed by atoms with Crippen molar-refractivity contribution in [3.05, 3.63) is 48.2 Å². The molecule has 0 aromatic heterocycles. The summed E-state index contributed by atoms with van der Waals surface area (Å²) in [7, 11) is 0. The number of carbonyl (C=O) groups is 1. The maximum atomic E-state index is 12.5. The number of rotatable bonds is 6. The SMILES string of the molecule is C=C(C)NC(C)[C@H]1O[C@@H](OC(=N)C(Cl)(Cl)Cl)C(OC(=O)c2ccccc2)[C@H]1C. The number of carbonyl (C=O) groups excluding carboxylic acids is 1. The fourth-order valence-electron chi connectivity index (χ4n) is 3.04. The Morgan fingerprint density at radius 1 is 1.29 bits per heavy atom. The van der Waals surface area contributed by atoms with Crippen molar-refractivity contribution >= 4 is 46.7 Å². The summed E-state index contributed by atoms with van der Waals surface area (Å²) in [6, 6.07) is 8.41. The Hall–Kier alpha value is -1.47. The number of benzene rings is 1. The lowest BCUT2D eigenvalue weighted by Crippen LogP contribution is -2.40. The normalized spacial score (nSPS) is 25.6. The van der Waals surface area contributed by atoms with Crippen LogP contribution in [-0.2, 0) is 14.2 Å². The summed E-state index contributed by atoms with van der Waals surface area (Å²) >= 11 is 17.1. The van der Waals surface area contributed by atoms with E-state index >= 15 is 0 Å². The molecular formula is C19H23Cl3N2O4. The van der Waals surface area contributed by atoms with E-state index in [0.29, 0.717) is 5.56 Å². The molecule has 0 radical (unpaired) electrons. The number of allylic oxidation sites excluding steroid dienone is 1. The molecular weight excluding hydrogens is 427 g/mol. The van der Waals surface area contributed by atoms with Gasteiger partial charge in [0.15, 0.2) is 6.10 Å². The molecule has 1 aliphatic rings. The van der Waals surface area contributed by atoms with Crippen molar-refractivity contribution in [1.29, 1.82) is 5.41 Å². The van der Waals surface area contributed by atoms with Gasteiger partial charge in [-0.3, -0.25) is 5.41 Å². The molecule has 1 aromatic rings. The van der Waals surface area contributed by atoms with Crippen LogP contribution >= 0.6 is 34.8 Å². The Balaban J connectivity index is 2.21. The van der Waals surface area contributed by atoms with Gasteiger partial charge < -0.3 is 19.5 Å². The van der Waals surface area contributed by atoms with Gasteiger partial charge in [0, 0.05) is 17.7 Å². The Morgan fingerprint density at radius 3 is 2.43 bits per heavy atom. The molecule has 2 N–H and O–H groups in total. The van der Waals surface area contributed by atoms with Crippen molar-refractivity contribution in [1.82, 2.24) is 5.32 Å². The van der Waals surface area contributed by atoms with Crippen molar-refractivity contribution < 1.29 is 19.0 Å². The molecule has 6 nitrogen and oxygen atoms in total. The average molecular weight is 450 g/mol. The topological polar surface area (TPSA) is 80.6 Å². The second-order valence-electron chi connectivity index (χ2n) is 6.72. The third-order valence-electron chi connectivity index (χ3n) is 4.31. The monoisotopic (exact) mass is 448 g/mol. The quantitative estimate of drug-likeness (QED) is 0.290. The van der Waals surface area contributed by atoms with Gasteiger partial charge >= 0.3 is 5.97 Å². The third-order valence-corrected chi connectivity index (χ3v) is 4.82. The van der Waals surface area contributed by atoms with E-state index < -0.39 is 34.2 Å². The van der Waals surface area contributed by atoms with Crippen LogP contribution in [0.3, 0.4) is 0 Å². The standard InChI is InChI=1S/C19H23Cl3N2O4/c1-10(2)24-12(4)14-11(3)15(17(27-14)28-18(23)19(20,21)22)26-16(25)13-8-6-5-7-9-13/h5-9,11-12,14-15,17,23-24H,1H2,2-4H3/t11-,12?,14-,15?,17-/m0/s1. The first kappa shape index (κ1) is 22.8. The highest BCUT2D eigenvalue weighted by molar-refractivity contribution is 6.76. The van der Waals surface area contributed by atoms with Gasteiger partial charge in [-0.1, -0.05) is 66.5 Å². The molecule has 0 aliphatic carbocycles. The Bertz CT molecular complexity index is 724. The van der Waals surface area contributed by atoms with Crippen molar-refractivity contribution in [2.24, 2.45) is 5.92 Å². The average Bonchev–Trinajstić information content (AvgIpc) is 2.90. The summed E-state index contributed by atoms with van der Waals surface area (Å²) in [6.45, 7) is 9.44. The summed E-state index contributed by atoms with van der Waals surface area (Å²) in [5.74, 6) is -1.41. The van der Waals surface area contributed by atoms with Crippen molar-refractivity contribution in [2.75, 3.05) is 0 Å². The number of hydrogen-bond acceptors (Lipinski definition) is 6. The molecule has 0 bridgehead atoms. The van der Waals surface area contributed by atoms with E-state index in [1.54, 1.807) is 30.3 Å². The van der Waals surface area contributed by atoms with E-state index in [9.17, 15) is 4.79 Å². The molecule has 154 valence electrons. The van der Waals surface area contributed by atoms with E-state index in [-0.39, 0.29) is 12.0 Å². The smallest absolute Gasteiger partial charge is 0.338 e. The maximum Gasteiger partial charge on any atom is 0.338 e. The molecule has 1 heterocycles. The number of halogens is 3. The summed E-state index contributed by atoms with van der Waals surface area (Å²) in [4.78, 5) is 12.5. The molecule has 0 saturated carbocycles. The van der Waals surface area contributed by atoms with Crippen molar-refractivity contribution in [3.8, 4) is 0 Å². The lowest BCUT2D eigenvalue weighted by atomic mass is 9.95. The van der Waals surface area contributed by atoms with Gasteiger partial charge in [0.2, 0.25) is 12.2 Å². The van der Waals surface area contributed by atoms with Crippen LogP contribution in [0, 0.1) is 11.3 Å². The third kappa shape index (κ3) is 5.77. The Morgan fingerprint density at radius 2 is 1.89 bits per heavy atom. The van der Waals surface area contributed by atoms with E-state index in [0.717, 1.165) is 5.70 Å². The van der Waals surface area contributed by atoms with Gasteiger partial charge in [0.25, 0.3) is 3.79 Å². The highest BCUT2D eigenvalue weighted by Gasteiger charge is 2.49. The first-order chi connectivity index (χ1) is 13.0. The van der Waals surface area contributed by atoms with Crippen LogP contribution in [-0.4, -0.2) is 40.2 Å². The van der Waals surface area contributed by atoms with E-state index in [1.165, 1.54) is 0 Å². The van der Waals surface area contributed by atoms with Gasteiger partial charge in [0.1, 0.15) is 0 Å². The van der Waals surface area contributed by atoms with Gasteiger partial charge in [0.05, 0.1) is 11.7 Å². The number of alkyl halides is 3. The molecule has 2 unspecified atom stereocenters. The molecule has 1 saturated heterocycles. The maximum absolute atomic E-state index is 12.5. The zero-order chi connectivity index (χ0) is 21.1. The van der Waals surface area contributed by atoms with Crippen LogP contribution in [0.2, 0.25) is 0 Å². The minimum absolute atomic E-state index is 0.152. The molecule has 9 heteroatoms. The second kappa shape index (κ2) is 9.35. The van der Waals surface area contributed by atoms with E-state index in [2.05, 4.69) is 11.9 Å². The molecule has 1 aromatic carbocycles. The van der Waals surface area contributed by atoms with Gasteiger partial charge in [-0.2, -0.15) is 0 Å². The number of esters is 1. The van der Waals surface area contributed by atoms with E-state index in [4.69, 9.17) is 54.4 Å². The van der Waals surface area contributed by atoms with Crippen LogP contribution in [0.25, 0.3) is 0 Å². The zero-order valence-electron chi connectivity index (χ0n) is 15.7. The van der Waals surface area contributed by atoms with Gasteiger partial charge in [-0.05, 0) is 26.0 Å². The first-order valence-corrected chi connectivity index (χ1v) is 9.80. The Labute approximate surface area is 179 Å². The van der Waals surface area contributed by atoms with Gasteiger partial charge in [-0.25, -0.2) is 4.79 Å². The lowest BCUT2D eigenvalue weighted by molar-refractivity contribution is -0.125. The van der Waals surface area contributed by atoms with Crippen molar-refractivity contribution in [2.45, 2.75) is 49.1 Å². The van der Waals surface area contributed by atoms with Crippen LogP contribution in [0.1, 0.15) is 31.1 Å². The minimum Gasteiger partial charge on any atom is -0.452 e. The summed E-state index contributed by atoms with van der Waals surface area (Å²) in [5, 5.41) is 11.0. The molecule has 5 atom stereocenters. The number of hydrogen-bond donors (Lipinski definition) is 2. The van der Waals surface area contributed by atoms with Crippen LogP contribution in [0.4, 0.5) is 0 Å². The fraction of sp³-hybridized carbons (Fsp3) is 0.474. The molecule has 0 amide bonds. The second-order valence-corrected chi connectivity index (χ2v) is 9.00. The molecule has 1 aliphatic heterocycles. The molecule has 28 heavy (non-hydrogen) atoms. The highest BCUT2D eigenvalue weighted by Crippen LogP contribution is 2.35. The Kier molecular flexibility index (Phi) is 7.62. The number of ether oxygens (including phenoxy) is 3. The zero-order valence-corrected chi connectivity index (χ0v) is 18.0. The summed E-state index contributed by atoms with van der Waals surface area (Å²) in [6.07, 6.45) is -2.29. The molecule has 2 rings (SSSR count). The molecule has 1 fully saturated rings. The largest absolute Gasteiger partial charge is 0.452 e. The number of nitrogens with one attached hydrogen (secondary N) is 2. The fourth-order valence-corrected chi connectivity index (χ4v) is 3.18. The van der Waals surface area contributed by atoms with Crippen LogP contribution in [0.5, 0.6) is 0 Å². The minimum atomic E-state index is -2.06. The predicted octanol–water partition coefficient (Wildman–Crippen LogP) is 4.45. The van der Waals surface area contributed by atoms with Crippen LogP contribution < -0.4 is 5.32 Å². The summed E-state index contributed by atoms with van der Waals surface area (Å²) < 4.78 is 15.0. The summed E-state index contributed by atoms with van der Waals surface area (Å²) in [5.41, 5.74) is 1.15.